The fourth-order valence-corrected chi connectivity index (χ4v) is 3.75. The lowest BCUT2D eigenvalue weighted by Crippen LogP contribution is -2.51. The number of ether oxygens (including phenoxy) is 2. The van der Waals surface area contributed by atoms with Crippen LogP contribution in [0.1, 0.15) is 5.56 Å². The predicted octanol–water partition coefficient (Wildman–Crippen LogP) is 3.14. The van der Waals surface area contributed by atoms with Crippen molar-refractivity contribution in [3.8, 4) is 11.5 Å². The highest BCUT2D eigenvalue weighted by Crippen LogP contribution is 2.28. The van der Waals surface area contributed by atoms with Gasteiger partial charge in [0.2, 0.25) is 5.91 Å². The number of piperazine rings is 1. The van der Waals surface area contributed by atoms with Crippen molar-refractivity contribution < 1.29 is 14.3 Å². The van der Waals surface area contributed by atoms with Gasteiger partial charge in [-0.3, -0.25) is 9.69 Å². The van der Waals surface area contributed by atoms with Crippen LogP contribution in [0.15, 0.2) is 42.5 Å². The molecule has 0 spiro atoms. The van der Waals surface area contributed by atoms with Crippen LogP contribution in [0.4, 0.5) is 5.69 Å². The quantitative estimate of drug-likeness (QED) is 0.692. The highest BCUT2D eigenvalue weighted by molar-refractivity contribution is 6.30. The van der Waals surface area contributed by atoms with Crippen LogP contribution in [0.2, 0.25) is 5.02 Å². The van der Waals surface area contributed by atoms with E-state index >= 15 is 0 Å². The van der Waals surface area contributed by atoms with E-state index in [9.17, 15) is 4.79 Å². The number of rotatable bonds is 7. The molecule has 1 heterocycles. The van der Waals surface area contributed by atoms with Crippen molar-refractivity contribution in [2.75, 3.05) is 58.9 Å². The Bertz CT molecular complexity index is 838. The van der Waals surface area contributed by atoms with E-state index in [4.69, 9.17) is 21.1 Å². The Morgan fingerprint density at radius 1 is 1.03 bits per heavy atom. The topological polar surface area (TPSA) is 45.2 Å². The minimum atomic E-state index is 0.152. The van der Waals surface area contributed by atoms with Gasteiger partial charge in [0.25, 0.3) is 0 Å². The molecule has 0 bridgehead atoms. The Kier molecular flexibility index (Phi) is 7.23. The normalized spacial score (nSPS) is 14.2. The number of amides is 1. The molecule has 1 saturated heterocycles. The Morgan fingerprint density at radius 2 is 1.76 bits per heavy atom. The molecular formula is C22H28ClN3O3. The number of carbonyl (C=O) groups excluding carboxylic acids is 1. The van der Waals surface area contributed by atoms with E-state index in [0.717, 1.165) is 42.5 Å². The number of methoxy groups -OCH3 is 2. The second-order valence-electron chi connectivity index (χ2n) is 7.21. The molecule has 0 aliphatic carbocycles. The van der Waals surface area contributed by atoms with Gasteiger partial charge in [-0.15, -0.1) is 0 Å². The van der Waals surface area contributed by atoms with Crippen LogP contribution in [0, 0.1) is 0 Å². The van der Waals surface area contributed by atoms with Gasteiger partial charge in [0, 0.05) is 43.4 Å². The Labute approximate surface area is 177 Å². The van der Waals surface area contributed by atoms with E-state index in [-0.39, 0.29) is 5.91 Å². The van der Waals surface area contributed by atoms with Crippen LogP contribution >= 0.6 is 11.6 Å². The molecule has 7 heteroatoms. The SMILES string of the molecule is COc1ccc(CN(C)CC(=O)N2CCN(c3cccc(Cl)c3)CC2)cc1OC. The van der Waals surface area contributed by atoms with Crippen molar-refractivity contribution in [3.63, 3.8) is 0 Å². The van der Waals surface area contributed by atoms with Gasteiger partial charge in [-0.2, -0.15) is 0 Å². The number of anilines is 1. The number of likely N-dealkylation sites (N-methyl/N-ethyl adjacent to an activating group) is 1. The summed E-state index contributed by atoms with van der Waals surface area (Å²) in [6.45, 7) is 4.10. The van der Waals surface area contributed by atoms with Crippen LogP contribution in [-0.4, -0.2) is 69.7 Å². The molecule has 0 N–H and O–H groups in total. The Morgan fingerprint density at radius 3 is 2.41 bits per heavy atom. The molecule has 1 aliphatic heterocycles. The summed E-state index contributed by atoms with van der Waals surface area (Å²) in [7, 11) is 5.20. The van der Waals surface area contributed by atoms with E-state index in [0.29, 0.717) is 24.6 Å². The summed E-state index contributed by atoms with van der Waals surface area (Å²) in [5.74, 6) is 1.55. The Hall–Kier alpha value is -2.44. The molecule has 3 rings (SSSR count). The smallest absolute Gasteiger partial charge is 0.236 e. The lowest BCUT2D eigenvalue weighted by Gasteiger charge is -2.36. The fourth-order valence-electron chi connectivity index (χ4n) is 3.56. The predicted molar refractivity (Wildman–Crippen MR) is 116 cm³/mol. The molecule has 0 unspecified atom stereocenters. The first-order valence-electron chi connectivity index (χ1n) is 9.68. The van der Waals surface area contributed by atoms with Crippen molar-refractivity contribution in [2.45, 2.75) is 6.54 Å². The second kappa shape index (κ2) is 9.85. The minimum absolute atomic E-state index is 0.152. The van der Waals surface area contributed by atoms with Gasteiger partial charge >= 0.3 is 0 Å². The van der Waals surface area contributed by atoms with Crippen LogP contribution in [0.25, 0.3) is 0 Å². The van der Waals surface area contributed by atoms with Gasteiger partial charge in [0.15, 0.2) is 11.5 Å². The summed E-state index contributed by atoms with van der Waals surface area (Å²) in [6.07, 6.45) is 0. The van der Waals surface area contributed by atoms with Crippen molar-refractivity contribution in [2.24, 2.45) is 0 Å². The molecule has 0 radical (unpaired) electrons. The second-order valence-corrected chi connectivity index (χ2v) is 7.65. The van der Waals surface area contributed by atoms with Crippen LogP contribution in [0.5, 0.6) is 11.5 Å². The summed E-state index contributed by atoms with van der Waals surface area (Å²) >= 11 is 6.09. The highest BCUT2D eigenvalue weighted by atomic mass is 35.5. The maximum atomic E-state index is 12.7. The van der Waals surface area contributed by atoms with Gasteiger partial charge < -0.3 is 19.3 Å². The Balaban J connectivity index is 1.50. The van der Waals surface area contributed by atoms with Gasteiger partial charge in [-0.05, 0) is 42.9 Å². The number of hydrogen-bond donors (Lipinski definition) is 0. The monoisotopic (exact) mass is 417 g/mol. The molecule has 2 aromatic rings. The molecule has 1 aliphatic rings. The van der Waals surface area contributed by atoms with Crippen LogP contribution in [0.3, 0.4) is 0 Å². The maximum absolute atomic E-state index is 12.7. The average molecular weight is 418 g/mol. The molecule has 0 saturated carbocycles. The largest absolute Gasteiger partial charge is 0.493 e. The lowest BCUT2D eigenvalue weighted by atomic mass is 10.2. The minimum Gasteiger partial charge on any atom is -0.493 e. The average Bonchev–Trinajstić information content (AvgIpc) is 2.73. The van der Waals surface area contributed by atoms with Crippen LogP contribution < -0.4 is 14.4 Å². The van der Waals surface area contributed by atoms with Crippen molar-refractivity contribution >= 4 is 23.2 Å². The molecular weight excluding hydrogens is 390 g/mol. The van der Waals surface area contributed by atoms with Crippen molar-refractivity contribution in [1.29, 1.82) is 0 Å². The van der Waals surface area contributed by atoms with Crippen molar-refractivity contribution in [3.05, 3.63) is 53.1 Å². The molecule has 1 amide bonds. The highest BCUT2D eigenvalue weighted by Gasteiger charge is 2.22. The molecule has 6 nitrogen and oxygen atoms in total. The summed E-state index contributed by atoms with van der Waals surface area (Å²) in [6, 6.07) is 13.7. The third kappa shape index (κ3) is 5.55. The summed E-state index contributed by atoms with van der Waals surface area (Å²) < 4.78 is 10.6. The third-order valence-corrected chi connectivity index (χ3v) is 5.35. The van der Waals surface area contributed by atoms with E-state index in [1.165, 1.54) is 0 Å². The zero-order valence-corrected chi connectivity index (χ0v) is 18.0. The summed E-state index contributed by atoms with van der Waals surface area (Å²) in [5, 5.41) is 0.734. The van der Waals surface area contributed by atoms with Gasteiger partial charge in [0.05, 0.1) is 20.8 Å². The molecule has 29 heavy (non-hydrogen) atoms. The van der Waals surface area contributed by atoms with E-state index in [1.54, 1.807) is 14.2 Å². The number of carbonyl (C=O) groups is 1. The maximum Gasteiger partial charge on any atom is 0.236 e. The molecule has 2 aromatic carbocycles. The molecule has 1 fully saturated rings. The van der Waals surface area contributed by atoms with Crippen molar-refractivity contribution in [1.82, 2.24) is 9.80 Å². The number of hydrogen-bond acceptors (Lipinski definition) is 5. The third-order valence-electron chi connectivity index (χ3n) is 5.11. The first-order chi connectivity index (χ1) is 14.0. The van der Waals surface area contributed by atoms with E-state index in [1.807, 2.05) is 53.2 Å². The first kappa shape index (κ1) is 21.3. The summed E-state index contributed by atoms with van der Waals surface area (Å²) in [4.78, 5) is 18.9. The molecule has 0 atom stereocenters. The van der Waals surface area contributed by atoms with E-state index < -0.39 is 0 Å². The summed E-state index contributed by atoms with van der Waals surface area (Å²) in [5.41, 5.74) is 2.18. The number of benzene rings is 2. The van der Waals surface area contributed by atoms with Gasteiger partial charge in [-0.25, -0.2) is 0 Å². The van der Waals surface area contributed by atoms with E-state index in [2.05, 4.69) is 11.0 Å². The lowest BCUT2D eigenvalue weighted by molar-refractivity contribution is -0.132. The number of nitrogens with zero attached hydrogens (tertiary/aromatic N) is 3. The van der Waals surface area contributed by atoms with Gasteiger partial charge in [0.1, 0.15) is 0 Å². The fraction of sp³-hybridized carbons (Fsp3) is 0.409. The zero-order valence-electron chi connectivity index (χ0n) is 17.2. The molecule has 156 valence electrons. The van der Waals surface area contributed by atoms with Gasteiger partial charge in [-0.1, -0.05) is 23.7 Å². The first-order valence-corrected chi connectivity index (χ1v) is 10.1. The standard InChI is InChI=1S/C22H28ClN3O3/c1-24(15-17-7-8-20(28-2)21(13-17)29-3)16-22(27)26-11-9-25(10-12-26)19-6-4-5-18(23)14-19/h4-8,13-14H,9-12,15-16H2,1-3H3. The molecule has 0 aromatic heterocycles. The van der Waals surface area contributed by atoms with Crippen LogP contribution in [-0.2, 0) is 11.3 Å². The number of halogens is 1. The zero-order chi connectivity index (χ0) is 20.8.